The molecule has 0 aliphatic carbocycles. The van der Waals surface area contributed by atoms with Crippen LogP contribution in [0.4, 0.5) is 5.69 Å². The standard InChI is InChI=1S/C9H10BrN3O2/c1-9(2,13(14)15)12-11-8-5-3-7(10)4-6-8/h3-6H,1-2H3. The summed E-state index contributed by atoms with van der Waals surface area (Å²) in [4.78, 5) is 10.1. The summed E-state index contributed by atoms with van der Waals surface area (Å²) in [6.07, 6.45) is 0. The van der Waals surface area contributed by atoms with Gasteiger partial charge in [0.1, 0.15) is 0 Å². The third-order valence-corrected chi connectivity index (χ3v) is 2.21. The fraction of sp³-hybridized carbons (Fsp3) is 0.333. The molecular formula is C9H10BrN3O2. The number of hydrogen-bond acceptors (Lipinski definition) is 4. The smallest absolute Gasteiger partial charge is 0.262 e. The zero-order valence-electron chi connectivity index (χ0n) is 8.35. The van der Waals surface area contributed by atoms with Crippen molar-refractivity contribution in [3.05, 3.63) is 38.9 Å². The molecule has 0 atom stereocenters. The molecule has 0 bridgehead atoms. The van der Waals surface area contributed by atoms with Gasteiger partial charge < -0.3 is 0 Å². The molecule has 80 valence electrons. The minimum Gasteiger partial charge on any atom is -0.262 e. The number of nitro groups is 1. The molecule has 0 unspecified atom stereocenters. The lowest BCUT2D eigenvalue weighted by molar-refractivity contribution is -0.559. The molecule has 0 spiro atoms. The normalized spacial score (nSPS) is 11.9. The quantitative estimate of drug-likeness (QED) is 0.479. The van der Waals surface area contributed by atoms with Gasteiger partial charge in [-0.2, -0.15) is 0 Å². The zero-order chi connectivity index (χ0) is 11.5. The van der Waals surface area contributed by atoms with E-state index in [2.05, 4.69) is 26.2 Å². The largest absolute Gasteiger partial charge is 0.324 e. The van der Waals surface area contributed by atoms with Crippen molar-refractivity contribution in [3.63, 3.8) is 0 Å². The van der Waals surface area contributed by atoms with Gasteiger partial charge in [-0.25, -0.2) is 0 Å². The Morgan fingerprint density at radius 2 is 1.87 bits per heavy atom. The molecule has 6 heteroatoms. The van der Waals surface area contributed by atoms with Gasteiger partial charge in [0.2, 0.25) is 0 Å². The van der Waals surface area contributed by atoms with E-state index in [1.807, 2.05) is 0 Å². The molecular weight excluding hydrogens is 262 g/mol. The second-order valence-corrected chi connectivity index (χ2v) is 4.34. The van der Waals surface area contributed by atoms with Crippen LogP contribution in [0.15, 0.2) is 39.0 Å². The third kappa shape index (κ3) is 3.39. The van der Waals surface area contributed by atoms with Crippen molar-refractivity contribution in [2.45, 2.75) is 19.5 Å². The Balaban J connectivity index is 2.82. The molecule has 1 aromatic carbocycles. The lowest BCUT2D eigenvalue weighted by Crippen LogP contribution is -2.27. The maximum absolute atomic E-state index is 10.5. The summed E-state index contributed by atoms with van der Waals surface area (Å²) in [6.45, 7) is 2.80. The van der Waals surface area contributed by atoms with E-state index >= 15 is 0 Å². The lowest BCUT2D eigenvalue weighted by atomic mass is 10.3. The second-order valence-electron chi connectivity index (χ2n) is 3.43. The van der Waals surface area contributed by atoms with Crippen LogP contribution in [0.2, 0.25) is 0 Å². The molecule has 0 saturated heterocycles. The van der Waals surface area contributed by atoms with Crippen molar-refractivity contribution < 1.29 is 4.92 Å². The van der Waals surface area contributed by atoms with Crippen LogP contribution in [0.1, 0.15) is 13.8 Å². The maximum atomic E-state index is 10.5. The van der Waals surface area contributed by atoms with Crippen molar-refractivity contribution >= 4 is 21.6 Å². The summed E-state index contributed by atoms with van der Waals surface area (Å²) in [5.41, 5.74) is -0.791. The van der Waals surface area contributed by atoms with Gasteiger partial charge in [-0.15, -0.1) is 10.2 Å². The first-order chi connectivity index (χ1) is 6.92. The summed E-state index contributed by atoms with van der Waals surface area (Å²) in [6, 6.07) is 7.05. The van der Waals surface area contributed by atoms with Gasteiger partial charge in [0.25, 0.3) is 0 Å². The van der Waals surface area contributed by atoms with Gasteiger partial charge in [0.05, 0.1) is 10.6 Å². The number of azo groups is 1. The van der Waals surface area contributed by atoms with E-state index < -0.39 is 10.6 Å². The summed E-state index contributed by atoms with van der Waals surface area (Å²) < 4.78 is 0.926. The Kier molecular flexibility index (Phi) is 3.52. The summed E-state index contributed by atoms with van der Waals surface area (Å²) >= 11 is 3.28. The van der Waals surface area contributed by atoms with E-state index in [1.54, 1.807) is 24.3 Å². The van der Waals surface area contributed by atoms with Gasteiger partial charge in [0, 0.05) is 18.3 Å². The van der Waals surface area contributed by atoms with Crippen LogP contribution in [0.5, 0.6) is 0 Å². The number of hydrogen-bond donors (Lipinski definition) is 0. The summed E-state index contributed by atoms with van der Waals surface area (Å²) in [7, 11) is 0. The topological polar surface area (TPSA) is 67.9 Å². The predicted molar refractivity (Wildman–Crippen MR) is 59.7 cm³/mol. The van der Waals surface area contributed by atoms with Crippen molar-refractivity contribution in [1.29, 1.82) is 0 Å². The minimum atomic E-state index is -1.38. The van der Waals surface area contributed by atoms with E-state index in [-0.39, 0.29) is 0 Å². The van der Waals surface area contributed by atoms with Crippen molar-refractivity contribution in [1.82, 2.24) is 0 Å². The van der Waals surface area contributed by atoms with E-state index in [1.165, 1.54) is 13.8 Å². The Labute approximate surface area is 95.5 Å². The first-order valence-electron chi connectivity index (χ1n) is 4.25. The summed E-state index contributed by atoms with van der Waals surface area (Å²) in [5, 5.41) is 18.0. The Morgan fingerprint density at radius 1 is 1.33 bits per heavy atom. The van der Waals surface area contributed by atoms with E-state index in [0.29, 0.717) is 5.69 Å². The van der Waals surface area contributed by atoms with Gasteiger partial charge in [0.15, 0.2) is 0 Å². The Hall–Kier alpha value is -1.30. The van der Waals surface area contributed by atoms with Crippen LogP contribution in [0.3, 0.4) is 0 Å². The zero-order valence-corrected chi connectivity index (χ0v) is 9.93. The van der Waals surface area contributed by atoms with Crippen molar-refractivity contribution in [2.24, 2.45) is 10.2 Å². The molecule has 1 rings (SSSR count). The van der Waals surface area contributed by atoms with Crippen LogP contribution in [0.25, 0.3) is 0 Å². The van der Waals surface area contributed by atoms with Gasteiger partial charge in [-0.1, -0.05) is 15.9 Å². The van der Waals surface area contributed by atoms with Crippen molar-refractivity contribution in [2.75, 3.05) is 0 Å². The molecule has 1 aromatic rings. The fourth-order valence-electron chi connectivity index (χ4n) is 0.724. The highest BCUT2D eigenvalue weighted by atomic mass is 79.9. The highest BCUT2D eigenvalue weighted by Gasteiger charge is 2.29. The molecule has 15 heavy (non-hydrogen) atoms. The molecule has 0 heterocycles. The monoisotopic (exact) mass is 271 g/mol. The van der Waals surface area contributed by atoms with Crippen molar-refractivity contribution in [3.8, 4) is 0 Å². The molecule has 0 saturated carbocycles. The van der Waals surface area contributed by atoms with Gasteiger partial charge in [-0.3, -0.25) is 10.1 Å². The van der Waals surface area contributed by atoms with Gasteiger partial charge >= 0.3 is 5.66 Å². The number of nitrogens with zero attached hydrogens (tertiary/aromatic N) is 3. The molecule has 0 aliphatic rings. The minimum absolute atomic E-state index is 0.477. The van der Waals surface area contributed by atoms with Gasteiger partial charge in [-0.05, 0) is 24.3 Å². The molecule has 0 aliphatic heterocycles. The number of rotatable bonds is 3. The average molecular weight is 272 g/mol. The molecule has 0 radical (unpaired) electrons. The van der Waals surface area contributed by atoms with Crippen LogP contribution in [0, 0.1) is 10.1 Å². The lowest BCUT2D eigenvalue weighted by Gasteiger charge is -2.07. The first kappa shape index (κ1) is 11.8. The SMILES string of the molecule is CC(C)(N=Nc1ccc(Br)cc1)[N+](=O)[O-]. The van der Waals surface area contributed by atoms with Crippen LogP contribution in [-0.4, -0.2) is 10.6 Å². The maximum Gasteiger partial charge on any atom is 0.324 e. The second kappa shape index (κ2) is 4.48. The fourth-order valence-corrected chi connectivity index (χ4v) is 0.989. The molecule has 5 nitrogen and oxygen atoms in total. The van der Waals surface area contributed by atoms with Crippen LogP contribution < -0.4 is 0 Å². The Morgan fingerprint density at radius 3 is 2.33 bits per heavy atom. The summed E-state index contributed by atoms with van der Waals surface area (Å²) in [5.74, 6) is 0. The highest BCUT2D eigenvalue weighted by molar-refractivity contribution is 9.10. The Bertz CT molecular complexity index is 387. The molecule has 0 aromatic heterocycles. The van der Waals surface area contributed by atoms with E-state index in [9.17, 15) is 10.1 Å². The molecule has 0 N–H and O–H groups in total. The highest BCUT2D eigenvalue weighted by Crippen LogP contribution is 2.19. The van der Waals surface area contributed by atoms with Crippen LogP contribution in [-0.2, 0) is 0 Å². The number of halogens is 1. The van der Waals surface area contributed by atoms with E-state index in [4.69, 9.17) is 0 Å². The first-order valence-corrected chi connectivity index (χ1v) is 5.04. The van der Waals surface area contributed by atoms with E-state index in [0.717, 1.165) is 4.47 Å². The predicted octanol–water partition coefficient (Wildman–Crippen LogP) is 3.55. The molecule has 0 fully saturated rings. The number of benzene rings is 1. The average Bonchev–Trinajstić information content (AvgIpc) is 2.17. The van der Waals surface area contributed by atoms with Crippen LogP contribution >= 0.6 is 15.9 Å². The molecule has 0 amide bonds. The third-order valence-electron chi connectivity index (χ3n) is 1.68.